The number of hydrogen-bond donors (Lipinski definition) is 0. The number of allylic oxidation sites excluding steroid dienone is 1. The zero-order valence-corrected chi connectivity index (χ0v) is 7.31. The van der Waals surface area contributed by atoms with Crippen molar-refractivity contribution in [2.75, 3.05) is 0 Å². The van der Waals surface area contributed by atoms with Crippen LogP contribution in [0, 0.1) is 0 Å². The summed E-state index contributed by atoms with van der Waals surface area (Å²) in [7, 11) is 0. The minimum absolute atomic E-state index is 0.00637. The first kappa shape index (κ1) is 9.21. The van der Waals surface area contributed by atoms with Gasteiger partial charge in [-0.25, -0.2) is 0 Å². The van der Waals surface area contributed by atoms with Crippen molar-refractivity contribution in [2.24, 2.45) is 5.10 Å². The maximum absolute atomic E-state index is 3.84. The zero-order chi connectivity index (χ0) is 8.36. The van der Waals surface area contributed by atoms with Gasteiger partial charge in [0.25, 0.3) is 0 Å². The molecule has 0 heterocycles. The number of hydrazone groups is 1. The van der Waals surface area contributed by atoms with E-state index in [1.54, 1.807) is 5.01 Å². The van der Waals surface area contributed by atoms with E-state index in [1.807, 2.05) is 6.92 Å². The first-order valence-electron chi connectivity index (χ1n) is 3.32. The Labute approximate surface area is 63.2 Å². The van der Waals surface area contributed by atoms with Crippen LogP contribution in [0.15, 0.2) is 17.4 Å². The molecule has 0 radical (unpaired) electrons. The lowest BCUT2D eigenvalue weighted by molar-refractivity contribution is 0.196. The molecule has 0 N–H and O–H groups in total. The van der Waals surface area contributed by atoms with Gasteiger partial charge in [-0.15, -0.1) is 0 Å². The molecule has 0 saturated carbocycles. The van der Waals surface area contributed by atoms with E-state index in [0.717, 1.165) is 5.70 Å². The van der Waals surface area contributed by atoms with Gasteiger partial charge >= 0.3 is 0 Å². The lowest BCUT2D eigenvalue weighted by Gasteiger charge is -2.32. The van der Waals surface area contributed by atoms with E-state index >= 15 is 0 Å². The van der Waals surface area contributed by atoms with Gasteiger partial charge in [0.05, 0.1) is 5.54 Å². The average Bonchev–Trinajstić information content (AvgIpc) is 1.60. The monoisotopic (exact) mass is 140 g/mol. The minimum Gasteiger partial charge on any atom is -0.266 e. The third-order valence-corrected chi connectivity index (χ3v) is 1.14. The van der Waals surface area contributed by atoms with Gasteiger partial charge in [-0.2, -0.15) is 5.10 Å². The highest BCUT2D eigenvalue weighted by atomic mass is 15.5. The second-order valence-corrected chi connectivity index (χ2v) is 3.36. The van der Waals surface area contributed by atoms with Crippen LogP contribution in [-0.4, -0.2) is 17.3 Å². The van der Waals surface area contributed by atoms with E-state index in [0.29, 0.717) is 0 Å². The normalized spacial score (nSPS) is 10.8. The lowest BCUT2D eigenvalue weighted by Crippen LogP contribution is -2.35. The zero-order valence-electron chi connectivity index (χ0n) is 7.31. The van der Waals surface area contributed by atoms with Crippen LogP contribution in [0.1, 0.15) is 27.7 Å². The standard InChI is InChI=1S/C8H16N2/c1-7(2)10(9-6)8(3,4)5/h1,6H2,2-5H3. The van der Waals surface area contributed by atoms with E-state index < -0.39 is 0 Å². The van der Waals surface area contributed by atoms with Gasteiger partial charge in [0.2, 0.25) is 0 Å². The van der Waals surface area contributed by atoms with Crippen LogP contribution in [0.3, 0.4) is 0 Å². The maximum Gasteiger partial charge on any atom is 0.0546 e. The third-order valence-electron chi connectivity index (χ3n) is 1.14. The molecule has 0 saturated heterocycles. The van der Waals surface area contributed by atoms with Gasteiger partial charge in [0, 0.05) is 12.4 Å². The van der Waals surface area contributed by atoms with Crippen molar-refractivity contribution in [3.8, 4) is 0 Å². The van der Waals surface area contributed by atoms with E-state index in [-0.39, 0.29) is 5.54 Å². The van der Waals surface area contributed by atoms with Gasteiger partial charge in [-0.05, 0) is 27.7 Å². The highest BCUT2D eigenvalue weighted by molar-refractivity contribution is 5.23. The van der Waals surface area contributed by atoms with Crippen molar-refractivity contribution in [2.45, 2.75) is 33.2 Å². The summed E-state index contributed by atoms with van der Waals surface area (Å²) in [6, 6.07) is 0. The van der Waals surface area contributed by atoms with E-state index in [2.05, 4.69) is 39.2 Å². The molecule has 0 aliphatic heterocycles. The molecule has 0 atom stereocenters. The van der Waals surface area contributed by atoms with E-state index in [9.17, 15) is 0 Å². The molecule has 0 aliphatic rings. The van der Waals surface area contributed by atoms with Gasteiger partial charge in [0.15, 0.2) is 0 Å². The Bertz CT molecular complexity index is 142. The van der Waals surface area contributed by atoms with Gasteiger partial charge in [-0.3, -0.25) is 5.01 Å². The maximum atomic E-state index is 3.84. The van der Waals surface area contributed by atoms with E-state index in [4.69, 9.17) is 0 Å². The first-order valence-corrected chi connectivity index (χ1v) is 3.32. The topological polar surface area (TPSA) is 15.6 Å². The second-order valence-electron chi connectivity index (χ2n) is 3.36. The Morgan fingerprint density at radius 1 is 1.40 bits per heavy atom. The summed E-state index contributed by atoms with van der Waals surface area (Å²) in [6.07, 6.45) is 0. The Balaban J connectivity index is 4.36. The summed E-state index contributed by atoms with van der Waals surface area (Å²) in [5.41, 5.74) is 0.913. The molecule has 58 valence electrons. The predicted octanol–water partition coefficient (Wildman–Crippen LogP) is 2.24. The van der Waals surface area contributed by atoms with Crippen LogP contribution in [0.5, 0.6) is 0 Å². The molecule has 0 rings (SSSR count). The quantitative estimate of drug-likeness (QED) is 0.424. The Morgan fingerprint density at radius 2 is 1.80 bits per heavy atom. The Kier molecular flexibility index (Phi) is 2.64. The molecule has 0 bridgehead atoms. The van der Waals surface area contributed by atoms with Gasteiger partial charge < -0.3 is 0 Å². The molecule has 0 amide bonds. The fraction of sp³-hybridized carbons (Fsp3) is 0.625. The summed E-state index contributed by atoms with van der Waals surface area (Å²) in [4.78, 5) is 0. The molecule has 0 aromatic heterocycles. The molecule has 0 unspecified atom stereocenters. The van der Waals surface area contributed by atoms with Crippen molar-refractivity contribution in [1.29, 1.82) is 0 Å². The van der Waals surface area contributed by atoms with Crippen LogP contribution in [-0.2, 0) is 0 Å². The highest BCUT2D eigenvalue weighted by Gasteiger charge is 2.18. The van der Waals surface area contributed by atoms with Crippen molar-refractivity contribution < 1.29 is 0 Å². The molecule has 0 aliphatic carbocycles. The Hall–Kier alpha value is -0.790. The van der Waals surface area contributed by atoms with Crippen molar-refractivity contribution in [3.63, 3.8) is 0 Å². The number of rotatable bonds is 2. The molecular formula is C8H16N2. The lowest BCUT2D eigenvalue weighted by atomic mass is 10.1. The van der Waals surface area contributed by atoms with Crippen LogP contribution in [0.4, 0.5) is 0 Å². The summed E-state index contributed by atoms with van der Waals surface area (Å²) >= 11 is 0. The molecule has 0 aromatic rings. The molecule has 10 heavy (non-hydrogen) atoms. The fourth-order valence-electron chi connectivity index (χ4n) is 0.905. The fourth-order valence-corrected chi connectivity index (χ4v) is 0.905. The van der Waals surface area contributed by atoms with Gasteiger partial charge in [0.1, 0.15) is 0 Å². The van der Waals surface area contributed by atoms with Crippen LogP contribution >= 0.6 is 0 Å². The predicted molar refractivity (Wildman–Crippen MR) is 46.0 cm³/mol. The van der Waals surface area contributed by atoms with Crippen molar-refractivity contribution in [1.82, 2.24) is 5.01 Å². The van der Waals surface area contributed by atoms with Crippen LogP contribution in [0.25, 0.3) is 0 Å². The summed E-state index contributed by atoms with van der Waals surface area (Å²) in [5, 5.41) is 5.64. The first-order chi connectivity index (χ1) is 4.39. The molecule has 0 fully saturated rings. The molecular weight excluding hydrogens is 124 g/mol. The second kappa shape index (κ2) is 2.86. The van der Waals surface area contributed by atoms with Crippen LogP contribution in [0.2, 0.25) is 0 Å². The smallest absolute Gasteiger partial charge is 0.0546 e. The summed E-state index contributed by atoms with van der Waals surface area (Å²) in [5.74, 6) is 0. The van der Waals surface area contributed by atoms with Crippen LogP contribution < -0.4 is 0 Å². The number of hydrogen-bond acceptors (Lipinski definition) is 2. The molecule has 0 aromatic carbocycles. The molecule has 2 heteroatoms. The SMILES string of the molecule is C=NN(C(=C)C)C(C)(C)C. The van der Waals surface area contributed by atoms with Crippen molar-refractivity contribution >= 4 is 6.72 Å². The van der Waals surface area contributed by atoms with Crippen molar-refractivity contribution in [3.05, 3.63) is 12.3 Å². The molecule has 0 spiro atoms. The van der Waals surface area contributed by atoms with Gasteiger partial charge in [-0.1, -0.05) is 6.58 Å². The summed E-state index contributed by atoms with van der Waals surface area (Å²) in [6.45, 7) is 15.4. The minimum atomic E-state index is -0.00637. The average molecular weight is 140 g/mol. The highest BCUT2D eigenvalue weighted by Crippen LogP contribution is 2.17. The largest absolute Gasteiger partial charge is 0.266 e. The van der Waals surface area contributed by atoms with E-state index in [1.165, 1.54) is 0 Å². The summed E-state index contributed by atoms with van der Waals surface area (Å²) < 4.78 is 0. The Morgan fingerprint density at radius 3 is 1.80 bits per heavy atom. The number of nitrogens with zero attached hydrogens (tertiary/aromatic N) is 2. The molecule has 2 nitrogen and oxygen atoms in total. The third kappa shape index (κ3) is 2.21.